The van der Waals surface area contributed by atoms with Crippen molar-refractivity contribution in [3.05, 3.63) is 34.3 Å². The fourth-order valence-electron chi connectivity index (χ4n) is 2.96. The van der Waals surface area contributed by atoms with E-state index < -0.39 is 6.10 Å². The Morgan fingerprint density at radius 3 is 2.53 bits per heavy atom. The number of nitrogens with zero attached hydrogens (tertiary/aromatic N) is 1. The van der Waals surface area contributed by atoms with Crippen LogP contribution in [0.15, 0.2) is 18.2 Å². The molecular weight excluding hydrogens is 258 g/mol. The molecule has 0 aliphatic carbocycles. The van der Waals surface area contributed by atoms with Gasteiger partial charge in [-0.2, -0.15) is 0 Å². The minimum atomic E-state index is -0.492. The van der Waals surface area contributed by atoms with Crippen LogP contribution in [0.3, 0.4) is 0 Å². The van der Waals surface area contributed by atoms with Crippen LogP contribution >= 0.6 is 11.6 Å². The fourth-order valence-corrected chi connectivity index (χ4v) is 3.15. The fraction of sp³-hybridized carbons (Fsp3) is 0.625. The second-order valence-electron chi connectivity index (χ2n) is 5.82. The number of hydrogen-bond acceptors (Lipinski definition) is 2. The Labute approximate surface area is 121 Å². The Bertz CT molecular complexity index is 442. The molecular formula is C16H24ClNO. The van der Waals surface area contributed by atoms with E-state index in [1.165, 1.54) is 12.8 Å². The van der Waals surface area contributed by atoms with E-state index in [1.807, 2.05) is 25.1 Å². The molecule has 1 aromatic rings. The maximum Gasteiger partial charge on any atom is 0.0971 e. The summed E-state index contributed by atoms with van der Waals surface area (Å²) in [5, 5.41) is 11.5. The van der Waals surface area contributed by atoms with Crippen LogP contribution in [-0.4, -0.2) is 28.6 Å². The molecule has 106 valence electrons. The van der Waals surface area contributed by atoms with Crippen LogP contribution in [0.5, 0.6) is 0 Å². The van der Waals surface area contributed by atoms with Crippen LogP contribution in [0.1, 0.15) is 50.3 Å². The predicted molar refractivity (Wildman–Crippen MR) is 80.7 cm³/mol. The summed E-state index contributed by atoms with van der Waals surface area (Å²) < 4.78 is 0. The molecule has 0 amide bonds. The highest BCUT2D eigenvalue weighted by Crippen LogP contribution is 2.37. The van der Waals surface area contributed by atoms with Crippen molar-refractivity contribution in [2.24, 2.45) is 0 Å². The quantitative estimate of drug-likeness (QED) is 0.903. The molecule has 2 unspecified atom stereocenters. The number of aliphatic hydroxyl groups is 1. The van der Waals surface area contributed by atoms with Crippen LogP contribution < -0.4 is 0 Å². The van der Waals surface area contributed by atoms with Gasteiger partial charge in [0.15, 0.2) is 0 Å². The highest BCUT2D eigenvalue weighted by Gasteiger charge is 2.39. The Kier molecular flexibility index (Phi) is 4.54. The zero-order chi connectivity index (χ0) is 14.0. The van der Waals surface area contributed by atoms with Gasteiger partial charge in [0.1, 0.15) is 0 Å². The van der Waals surface area contributed by atoms with Gasteiger partial charge < -0.3 is 5.11 Å². The lowest BCUT2D eigenvalue weighted by atomic mass is 9.85. The van der Waals surface area contributed by atoms with Crippen molar-refractivity contribution in [2.75, 3.05) is 13.1 Å². The summed E-state index contributed by atoms with van der Waals surface area (Å²) in [7, 11) is 0. The van der Waals surface area contributed by atoms with E-state index in [-0.39, 0.29) is 5.54 Å². The SMILES string of the molecule is CCC(C)(C(O)c1ccc(C)c(Cl)c1)N1CCCC1. The van der Waals surface area contributed by atoms with E-state index in [9.17, 15) is 5.11 Å². The number of aryl methyl sites for hydroxylation is 1. The average Bonchev–Trinajstić information content (AvgIpc) is 2.94. The maximum atomic E-state index is 10.8. The minimum Gasteiger partial charge on any atom is -0.386 e. The average molecular weight is 282 g/mol. The number of rotatable bonds is 4. The molecule has 1 saturated heterocycles. The highest BCUT2D eigenvalue weighted by molar-refractivity contribution is 6.31. The molecule has 0 bridgehead atoms. The van der Waals surface area contributed by atoms with Crippen LogP contribution in [-0.2, 0) is 0 Å². The van der Waals surface area contributed by atoms with Crippen molar-refractivity contribution >= 4 is 11.6 Å². The molecule has 1 aliphatic rings. The molecule has 1 heterocycles. The molecule has 2 rings (SSSR count). The van der Waals surface area contributed by atoms with Crippen LogP contribution in [0, 0.1) is 6.92 Å². The summed E-state index contributed by atoms with van der Waals surface area (Å²) >= 11 is 6.19. The molecule has 0 spiro atoms. The van der Waals surface area contributed by atoms with E-state index in [0.29, 0.717) is 0 Å². The van der Waals surface area contributed by atoms with Gasteiger partial charge in [0.2, 0.25) is 0 Å². The molecule has 1 fully saturated rings. The van der Waals surface area contributed by atoms with E-state index in [4.69, 9.17) is 11.6 Å². The predicted octanol–water partition coefficient (Wildman–Crippen LogP) is 3.95. The summed E-state index contributed by atoms with van der Waals surface area (Å²) in [5.74, 6) is 0. The zero-order valence-corrected chi connectivity index (χ0v) is 12.9. The van der Waals surface area contributed by atoms with Gasteiger partial charge in [-0.3, -0.25) is 4.90 Å². The van der Waals surface area contributed by atoms with Crippen molar-refractivity contribution in [1.29, 1.82) is 0 Å². The molecule has 1 N–H and O–H groups in total. The molecule has 2 nitrogen and oxygen atoms in total. The van der Waals surface area contributed by atoms with Gasteiger partial charge in [0.05, 0.1) is 6.10 Å². The van der Waals surface area contributed by atoms with Crippen LogP contribution in [0.4, 0.5) is 0 Å². The normalized spacial score (nSPS) is 21.3. The van der Waals surface area contributed by atoms with E-state index >= 15 is 0 Å². The lowest BCUT2D eigenvalue weighted by Gasteiger charge is -2.42. The van der Waals surface area contributed by atoms with Gasteiger partial charge in [-0.1, -0.05) is 30.7 Å². The Balaban J connectivity index is 2.28. The molecule has 19 heavy (non-hydrogen) atoms. The molecule has 1 aromatic carbocycles. The highest BCUT2D eigenvalue weighted by atomic mass is 35.5. The third-order valence-corrected chi connectivity index (χ3v) is 5.05. The third-order valence-electron chi connectivity index (χ3n) is 4.64. The molecule has 1 aliphatic heterocycles. The minimum absolute atomic E-state index is 0.199. The second kappa shape index (κ2) is 5.82. The van der Waals surface area contributed by atoms with Gasteiger partial charge in [-0.25, -0.2) is 0 Å². The van der Waals surface area contributed by atoms with Crippen molar-refractivity contribution in [1.82, 2.24) is 4.90 Å². The van der Waals surface area contributed by atoms with Crippen LogP contribution in [0.2, 0.25) is 5.02 Å². The standard InChI is InChI=1S/C16H24ClNO/c1-4-16(3,18-9-5-6-10-18)15(19)13-8-7-12(2)14(17)11-13/h7-8,11,15,19H,4-6,9-10H2,1-3H3. The molecule has 0 saturated carbocycles. The first-order chi connectivity index (χ1) is 8.99. The van der Waals surface area contributed by atoms with Gasteiger partial charge in [-0.05, 0) is 63.4 Å². The Morgan fingerprint density at radius 2 is 2.00 bits per heavy atom. The largest absolute Gasteiger partial charge is 0.386 e. The van der Waals surface area contributed by atoms with Crippen molar-refractivity contribution in [2.45, 2.75) is 51.7 Å². The summed E-state index contributed by atoms with van der Waals surface area (Å²) in [6, 6.07) is 5.89. The van der Waals surface area contributed by atoms with Crippen LogP contribution in [0.25, 0.3) is 0 Å². The summed E-state index contributed by atoms with van der Waals surface area (Å²) in [6.07, 6.45) is 2.90. The first kappa shape index (κ1) is 14.8. The third kappa shape index (κ3) is 2.81. The first-order valence-corrected chi connectivity index (χ1v) is 7.56. The first-order valence-electron chi connectivity index (χ1n) is 7.18. The topological polar surface area (TPSA) is 23.5 Å². The van der Waals surface area contributed by atoms with Crippen molar-refractivity contribution < 1.29 is 5.11 Å². The van der Waals surface area contributed by atoms with E-state index in [1.54, 1.807) is 0 Å². The molecule has 3 heteroatoms. The summed E-state index contributed by atoms with van der Waals surface area (Å²) in [6.45, 7) is 8.47. The number of aliphatic hydroxyl groups excluding tert-OH is 1. The number of likely N-dealkylation sites (tertiary alicyclic amines) is 1. The molecule has 0 aromatic heterocycles. The maximum absolute atomic E-state index is 10.8. The van der Waals surface area contributed by atoms with E-state index in [0.717, 1.165) is 35.7 Å². The van der Waals surface area contributed by atoms with Gasteiger partial charge in [-0.15, -0.1) is 0 Å². The second-order valence-corrected chi connectivity index (χ2v) is 6.22. The smallest absolute Gasteiger partial charge is 0.0971 e. The summed E-state index contributed by atoms with van der Waals surface area (Å²) in [5.41, 5.74) is 1.78. The number of halogens is 1. The number of benzene rings is 1. The van der Waals surface area contributed by atoms with Crippen molar-refractivity contribution in [3.8, 4) is 0 Å². The monoisotopic (exact) mass is 281 g/mol. The zero-order valence-electron chi connectivity index (χ0n) is 12.1. The molecule has 0 radical (unpaired) electrons. The summed E-state index contributed by atoms with van der Waals surface area (Å²) in [4.78, 5) is 2.42. The van der Waals surface area contributed by atoms with Crippen molar-refractivity contribution in [3.63, 3.8) is 0 Å². The number of hydrogen-bond donors (Lipinski definition) is 1. The van der Waals surface area contributed by atoms with Gasteiger partial charge in [0, 0.05) is 10.6 Å². The Hall–Kier alpha value is -0.570. The van der Waals surface area contributed by atoms with Gasteiger partial charge >= 0.3 is 0 Å². The molecule has 2 atom stereocenters. The lowest BCUT2D eigenvalue weighted by molar-refractivity contribution is -0.0140. The lowest BCUT2D eigenvalue weighted by Crippen LogP contribution is -2.48. The Morgan fingerprint density at radius 1 is 1.37 bits per heavy atom. The van der Waals surface area contributed by atoms with E-state index in [2.05, 4.69) is 18.7 Å². The van der Waals surface area contributed by atoms with Gasteiger partial charge in [0.25, 0.3) is 0 Å².